The Labute approximate surface area is 118 Å². The van der Waals surface area contributed by atoms with Crippen molar-refractivity contribution in [2.24, 2.45) is 4.99 Å². The Kier molecular flexibility index (Phi) is 3.07. The molecule has 0 N–H and O–H groups in total. The van der Waals surface area contributed by atoms with Crippen molar-refractivity contribution in [3.63, 3.8) is 0 Å². The van der Waals surface area contributed by atoms with E-state index < -0.39 is 10.9 Å². The van der Waals surface area contributed by atoms with Crippen molar-refractivity contribution < 1.29 is 18.9 Å². The van der Waals surface area contributed by atoms with E-state index in [2.05, 4.69) is 4.99 Å². The van der Waals surface area contributed by atoms with E-state index >= 15 is 0 Å². The molecule has 1 aromatic heterocycles. The number of cyclic esters (lactones) is 1. The van der Waals surface area contributed by atoms with Crippen LogP contribution in [0.2, 0.25) is 0 Å². The maximum Gasteiger partial charge on any atom is 0.363 e. The van der Waals surface area contributed by atoms with Gasteiger partial charge in [0.15, 0.2) is 5.70 Å². The molecule has 0 unspecified atom stereocenters. The molecular weight excluding hydrogens is 276 g/mol. The first-order valence-corrected chi connectivity index (χ1v) is 5.94. The lowest BCUT2D eigenvalue weighted by molar-refractivity contribution is -0.384. The van der Waals surface area contributed by atoms with Gasteiger partial charge in [-0.05, 0) is 24.3 Å². The van der Waals surface area contributed by atoms with Crippen LogP contribution in [-0.4, -0.2) is 16.8 Å². The molecular formula is C14H8N2O5. The van der Waals surface area contributed by atoms with Gasteiger partial charge in [0.05, 0.1) is 11.2 Å². The molecule has 2 heterocycles. The number of nitrogens with zero attached hydrogens (tertiary/aromatic N) is 2. The van der Waals surface area contributed by atoms with Gasteiger partial charge in [-0.25, -0.2) is 9.79 Å². The predicted octanol–water partition coefficient (Wildman–Crippen LogP) is 2.53. The molecule has 1 aliphatic heterocycles. The van der Waals surface area contributed by atoms with E-state index in [-0.39, 0.29) is 17.3 Å². The Morgan fingerprint density at radius 3 is 2.57 bits per heavy atom. The number of esters is 1. The highest BCUT2D eigenvalue weighted by molar-refractivity contribution is 6.12. The molecule has 21 heavy (non-hydrogen) atoms. The topological polar surface area (TPSA) is 94.9 Å². The summed E-state index contributed by atoms with van der Waals surface area (Å²) in [6, 6.07) is 8.95. The number of carbonyl (C=O) groups is 1. The summed E-state index contributed by atoms with van der Waals surface area (Å²) in [5.41, 5.74) is 0.546. The molecule has 0 saturated carbocycles. The van der Waals surface area contributed by atoms with Gasteiger partial charge < -0.3 is 9.15 Å². The van der Waals surface area contributed by atoms with Crippen molar-refractivity contribution in [2.75, 3.05) is 0 Å². The molecule has 0 bridgehead atoms. The van der Waals surface area contributed by atoms with Crippen LogP contribution >= 0.6 is 0 Å². The number of hydrogen-bond donors (Lipinski definition) is 0. The lowest BCUT2D eigenvalue weighted by Gasteiger charge is -1.98. The Bertz CT molecular complexity index is 757. The van der Waals surface area contributed by atoms with E-state index in [1.165, 1.54) is 36.6 Å². The largest absolute Gasteiger partial charge is 0.465 e. The van der Waals surface area contributed by atoms with Crippen LogP contribution in [0.3, 0.4) is 0 Å². The number of furan rings is 1. The fourth-order valence-corrected chi connectivity index (χ4v) is 1.77. The fourth-order valence-electron chi connectivity index (χ4n) is 1.77. The summed E-state index contributed by atoms with van der Waals surface area (Å²) in [6.07, 6.45) is 2.94. The van der Waals surface area contributed by atoms with Gasteiger partial charge >= 0.3 is 5.97 Å². The highest BCUT2D eigenvalue weighted by atomic mass is 16.6. The van der Waals surface area contributed by atoms with Crippen molar-refractivity contribution in [2.45, 2.75) is 0 Å². The molecule has 104 valence electrons. The van der Waals surface area contributed by atoms with Crippen LogP contribution in [-0.2, 0) is 9.53 Å². The molecule has 0 amide bonds. The lowest BCUT2D eigenvalue weighted by atomic mass is 10.2. The number of hydrogen-bond acceptors (Lipinski definition) is 6. The van der Waals surface area contributed by atoms with Crippen LogP contribution in [0, 0.1) is 10.1 Å². The van der Waals surface area contributed by atoms with Crippen LogP contribution in [0.1, 0.15) is 11.3 Å². The van der Waals surface area contributed by atoms with Crippen LogP contribution in [0.5, 0.6) is 0 Å². The van der Waals surface area contributed by atoms with Gasteiger partial charge in [0.25, 0.3) is 5.69 Å². The molecule has 0 radical (unpaired) electrons. The first-order valence-electron chi connectivity index (χ1n) is 5.94. The van der Waals surface area contributed by atoms with Gasteiger partial charge in [0.1, 0.15) is 5.76 Å². The lowest BCUT2D eigenvalue weighted by Crippen LogP contribution is -2.05. The second kappa shape index (κ2) is 5.04. The number of non-ortho nitro benzene ring substituents is 1. The van der Waals surface area contributed by atoms with Crippen LogP contribution < -0.4 is 0 Å². The zero-order valence-electron chi connectivity index (χ0n) is 10.6. The second-order valence-corrected chi connectivity index (χ2v) is 4.16. The van der Waals surface area contributed by atoms with E-state index in [1.54, 1.807) is 12.1 Å². The highest BCUT2D eigenvalue weighted by Gasteiger charge is 2.24. The molecule has 1 aliphatic rings. The summed E-state index contributed by atoms with van der Waals surface area (Å²) in [5.74, 6) is -0.0110. The zero-order chi connectivity index (χ0) is 14.8. The number of nitro groups is 1. The summed E-state index contributed by atoms with van der Waals surface area (Å²) in [7, 11) is 0. The van der Waals surface area contributed by atoms with E-state index in [0.717, 1.165) is 0 Å². The Balaban J connectivity index is 1.89. The third-order valence-corrected chi connectivity index (χ3v) is 2.77. The number of aliphatic imine (C=N–C) groups is 1. The van der Waals surface area contributed by atoms with Gasteiger partial charge in [-0.1, -0.05) is 0 Å². The van der Waals surface area contributed by atoms with Crippen LogP contribution in [0.25, 0.3) is 6.08 Å². The Hall–Kier alpha value is -3.22. The molecule has 3 rings (SSSR count). The van der Waals surface area contributed by atoms with Crippen molar-refractivity contribution in [1.29, 1.82) is 0 Å². The van der Waals surface area contributed by atoms with Crippen molar-refractivity contribution in [3.05, 3.63) is 69.8 Å². The van der Waals surface area contributed by atoms with Crippen molar-refractivity contribution >= 4 is 23.6 Å². The summed E-state index contributed by atoms with van der Waals surface area (Å²) in [6.45, 7) is 0. The van der Waals surface area contributed by atoms with E-state index in [1.807, 2.05) is 0 Å². The van der Waals surface area contributed by atoms with Gasteiger partial charge in [-0.15, -0.1) is 0 Å². The molecule has 1 aromatic carbocycles. The molecule has 2 aromatic rings. The summed E-state index contributed by atoms with van der Waals surface area (Å²) in [4.78, 5) is 25.8. The third kappa shape index (κ3) is 2.57. The van der Waals surface area contributed by atoms with E-state index in [0.29, 0.717) is 11.3 Å². The van der Waals surface area contributed by atoms with Gasteiger partial charge in [0, 0.05) is 23.8 Å². The second-order valence-electron chi connectivity index (χ2n) is 4.16. The number of ether oxygens (including phenoxy) is 1. The Morgan fingerprint density at radius 1 is 1.19 bits per heavy atom. The first-order chi connectivity index (χ1) is 10.1. The van der Waals surface area contributed by atoms with Gasteiger partial charge in [-0.2, -0.15) is 0 Å². The minimum absolute atomic E-state index is 0.0463. The number of carbonyl (C=O) groups excluding carboxylic acids is 1. The average molecular weight is 284 g/mol. The Morgan fingerprint density at radius 2 is 1.95 bits per heavy atom. The number of rotatable bonds is 3. The maximum atomic E-state index is 11.7. The first kappa shape index (κ1) is 12.8. The minimum atomic E-state index is -0.597. The fraction of sp³-hybridized carbons (Fsp3) is 0. The summed E-state index contributed by atoms with van der Waals surface area (Å²) in [5, 5.41) is 10.6. The molecule has 0 atom stereocenters. The third-order valence-electron chi connectivity index (χ3n) is 2.77. The predicted molar refractivity (Wildman–Crippen MR) is 72.4 cm³/mol. The smallest absolute Gasteiger partial charge is 0.363 e. The van der Waals surface area contributed by atoms with Gasteiger partial charge in [0.2, 0.25) is 5.90 Å². The van der Waals surface area contributed by atoms with Crippen LogP contribution in [0.4, 0.5) is 5.69 Å². The van der Waals surface area contributed by atoms with Crippen molar-refractivity contribution in [1.82, 2.24) is 0 Å². The average Bonchev–Trinajstić information content (AvgIpc) is 3.10. The highest BCUT2D eigenvalue weighted by Crippen LogP contribution is 2.20. The molecule has 0 saturated heterocycles. The van der Waals surface area contributed by atoms with Crippen LogP contribution in [0.15, 0.2) is 57.8 Å². The quantitative estimate of drug-likeness (QED) is 0.373. The zero-order valence-corrected chi connectivity index (χ0v) is 10.6. The SMILES string of the molecule is O=C1OC(c2ccc([N+](=O)[O-])cc2)=NC1=Cc1ccco1. The van der Waals surface area contributed by atoms with Gasteiger partial charge in [-0.3, -0.25) is 10.1 Å². The summed E-state index contributed by atoms with van der Waals surface area (Å²) >= 11 is 0. The standard InChI is InChI=1S/C14H8N2O5/c17-14-12(8-11-2-1-7-20-11)15-13(21-14)9-3-5-10(6-4-9)16(18)19/h1-8H. The van der Waals surface area contributed by atoms with E-state index in [9.17, 15) is 14.9 Å². The molecule has 7 heteroatoms. The van der Waals surface area contributed by atoms with E-state index in [4.69, 9.17) is 9.15 Å². The molecule has 0 fully saturated rings. The normalized spacial score (nSPS) is 15.9. The number of nitro benzene ring substituents is 1. The number of benzene rings is 1. The summed E-state index contributed by atoms with van der Waals surface area (Å²) < 4.78 is 10.1. The molecule has 7 nitrogen and oxygen atoms in total. The minimum Gasteiger partial charge on any atom is -0.465 e. The monoisotopic (exact) mass is 284 g/mol. The molecule has 0 spiro atoms. The maximum absolute atomic E-state index is 11.7. The van der Waals surface area contributed by atoms with Crippen molar-refractivity contribution in [3.8, 4) is 0 Å². The molecule has 0 aliphatic carbocycles.